The van der Waals surface area contributed by atoms with Crippen LogP contribution in [-0.2, 0) is 11.4 Å². The fourth-order valence-electron chi connectivity index (χ4n) is 2.94. The van der Waals surface area contributed by atoms with E-state index in [2.05, 4.69) is 25.8 Å². The number of nitrogens with zero attached hydrogens (tertiary/aromatic N) is 4. The standard InChI is InChI=1S/C17H21N5O/c1-11(21-23-3)7-6-10-22-12(2)19-15-16(22)13-8-4-5-9-14(13)20-17(15)18/h4-5,8-9H,6-7,10H2,1-3H3,(H2,18,20)/b21-11+. The molecule has 0 atom stereocenters. The summed E-state index contributed by atoms with van der Waals surface area (Å²) in [4.78, 5) is 13.9. The summed E-state index contributed by atoms with van der Waals surface area (Å²) in [6.07, 6.45) is 1.84. The van der Waals surface area contributed by atoms with Crippen LogP contribution in [-0.4, -0.2) is 27.4 Å². The first-order valence-electron chi connectivity index (χ1n) is 7.69. The Balaban J connectivity index is 2.03. The van der Waals surface area contributed by atoms with Crippen LogP contribution < -0.4 is 5.73 Å². The zero-order valence-electron chi connectivity index (χ0n) is 13.7. The van der Waals surface area contributed by atoms with Crippen molar-refractivity contribution in [1.82, 2.24) is 14.5 Å². The van der Waals surface area contributed by atoms with E-state index in [0.717, 1.165) is 52.9 Å². The lowest BCUT2D eigenvalue weighted by atomic mass is 10.1. The van der Waals surface area contributed by atoms with Crippen molar-refractivity contribution in [3.63, 3.8) is 0 Å². The number of imidazole rings is 1. The van der Waals surface area contributed by atoms with Gasteiger partial charge in [-0.15, -0.1) is 0 Å². The summed E-state index contributed by atoms with van der Waals surface area (Å²) < 4.78 is 2.22. The Morgan fingerprint density at radius 2 is 2.09 bits per heavy atom. The van der Waals surface area contributed by atoms with Crippen LogP contribution in [0.25, 0.3) is 21.9 Å². The third-order valence-corrected chi connectivity index (χ3v) is 3.97. The number of pyridine rings is 1. The van der Waals surface area contributed by atoms with Gasteiger partial charge in [0.15, 0.2) is 5.82 Å². The van der Waals surface area contributed by atoms with Crippen molar-refractivity contribution in [2.24, 2.45) is 5.16 Å². The molecule has 0 aliphatic heterocycles. The lowest BCUT2D eigenvalue weighted by Crippen LogP contribution is -2.04. The molecule has 2 heterocycles. The summed E-state index contributed by atoms with van der Waals surface area (Å²) in [6.45, 7) is 4.83. The summed E-state index contributed by atoms with van der Waals surface area (Å²) >= 11 is 0. The minimum atomic E-state index is 0.484. The highest BCUT2D eigenvalue weighted by Crippen LogP contribution is 2.28. The minimum absolute atomic E-state index is 0.484. The van der Waals surface area contributed by atoms with E-state index in [1.807, 2.05) is 32.0 Å². The molecule has 2 N–H and O–H groups in total. The van der Waals surface area contributed by atoms with Crippen LogP contribution in [0.2, 0.25) is 0 Å². The lowest BCUT2D eigenvalue weighted by Gasteiger charge is -2.09. The number of nitrogen functional groups attached to an aromatic ring is 1. The van der Waals surface area contributed by atoms with Crippen LogP contribution in [0, 0.1) is 6.92 Å². The van der Waals surface area contributed by atoms with E-state index in [0.29, 0.717) is 5.82 Å². The van der Waals surface area contributed by atoms with E-state index in [-0.39, 0.29) is 0 Å². The number of para-hydroxylation sites is 1. The largest absolute Gasteiger partial charge is 0.399 e. The molecule has 0 aliphatic rings. The van der Waals surface area contributed by atoms with Crippen molar-refractivity contribution in [3.05, 3.63) is 30.1 Å². The molecule has 0 amide bonds. The molecule has 0 fully saturated rings. The zero-order valence-corrected chi connectivity index (χ0v) is 13.7. The van der Waals surface area contributed by atoms with Gasteiger partial charge in [0.25, 0.3) is 0 Å². The number of hydrogen-bond acceptors (Lipinski definition) is 5. The number of nitrogens with two attached hydrogens (primary N) is 1. The number of rotatable bonds is 5. The number of fused-ring (bicyclic) bond motifs is 3. The minimum Gasteiger partial charge on any atom is -0.399 e. The molecule has 0 spiro atoms. The van der Waals surface area contributed by atoms with Gasteiger partial charge in [-0.05, 0) is 32.8 Å². The average molecular weight is 311 g/mol. The smallest absolute Gasteiger partial charge is 0.152 e. The van der Waals surface area contributed by atoms with Gasteiger partial charge in [-0.2, -0.15) is 0 Å². The van der Waals surface area contributed by atoms with Crippen molar-refractivity contribution in [3.8, 4) is 0 Å². The summed E-state index contributed by atoms with van der Waals surface area (Å²) in [6, 6.07) is 8.03. The van der Waals surface area contributed by atoms with E-state index >= 15 is 0 Å². The van der Waals surface area contributed by atoms with Gasteiger partial charge in [-0.1, -0.05) is 23.4 Å². The Morgan fingerprint density at radius 3 is 2.87 bits per heavy atom. The third kappa shape index (κ3) is 2.84. The quantitative estimate of drug-likeness (QED) is 0.579. The SMILES string of the molecule is CO/N=C(\C)CCCn1c(C)nc2c(N)nc3ccccc3c21. The van der Waals surface area contributed by atoms with Crippen LogP contribution in [0.5, 0.6) is 0 Å². The van der Waals surface area contributed by atoms with Crippen LogP contribution in [0.3, 0.4) is 0 Å². The first-order chi connectivity index (χ1) is 11.1. The molecular formula is C17H21N5O. The molecule has 1 aromatic carbocycles. The lowest BCUT2D eigenvalue weighted by molar-refractivity contribution is 0.212. The molecule has 120 valence electrons. The number of oxime groups is 1. The molecule has 0 saturated carbocycles. The molecule has 0 bridgehead atoms. The van der Waals surface area contributed by atoms with Crippen LogP contribution in [0.4, 0.5) is 5.82 Å². The number of hydrogen-bond donors (Lipinski definition) is 1. The van der Waals surface area contributed by atoms with Gasteiger partial charge in [0.2, 0.25) is 0 Å². The predicted molar refractivity (Wildman–Crippen MR) is 93.5 cm³/mol. The van der Waals surface area contributed by atoms with Crippen molar-refractivity contribution in [2.75, 3.05) is 12.8 Å². The highest BCUT2D eigenvalue weighted by molar-refractivity contribution is 6.06. The highest BCUT2D eigenvalue weighted by Gasteiger charge is 2.14. The number of benzene rings is 1. The Morgan fingerprint density at radius 1 is 1.30 bits per heavy atom. The average Bonchev–Trinajstić information content (AvgIpc) is 2.86. The third-order valence-electron chi connectivity index (χ3n) is 3.97. The van der Waals surface area contributed by atoms with E-state index in [4.69, 9.17) is 10.6 Å². The van der Waals surface area contributed by atoms with Crippen LogP contribution >= 0.6 is 0 Å². The number of aromatic nitrogens is 3. The van der Waals surface area contributed by atoms with Crippen molar-refractivity contribution >= 4 is 33.5 Å². The normalized spacial score (nSPS) is 12.2. The molecule has 23 heavy (non-hydrogen) atoms. The Bertz CT molecular complexity index is 881. The van der Waals surface area contributed by atoms with Gasteiger partial charge < -0.3 is 15.1 Å². The van der Waals surface area contributed by atoms with Gasteiger partial charge in [0.05, 0.1) is 16.7 Å². The van der Waals surface area contributed by atoms with Gasteiger partial charge in [0, 0.05) is 11.9 Å². The molecule has 2 aromatic heterocycles. The number of anilines is 1. The van der Waals surface area contributed by atoms with Gasteiger partial charge in [0.1, 0.15) is 18.5 Å². The predicted octanol–water partition coefficient (Wildman–Crippen LogP) is 3.28. The van der Waals surface area contributed by atoms with Crippen LogP contribution in [0.15, 0.2) is 29.4 Å². The first kappa shape index (κ1) is 15.3. The summed E-state index contributed by atoms with van der Waals surface area (Å²) in [5, 5.41) is 5.04. The molecular weight excluding hydrogens is 290 g/mol. The second-order valence-corrected chi connectivity index (χ2v) is 5.63. The van der Waals surface area contributed by atoms with Crippen LogP contribution in [0.1, 0.15) is 25.6 Å². The van der Waals surface area contributed by atoms with Crippen molar-refractivity contribution in [1.29, 1.82) is 0 Å². The van der Waals surface area contributed by atoms with E-state index in [9.17, 15) is 0 Å². The van der Waals surface area contributed by atoms with Gasteiger partial charge >= 0.3 is 0 Å². The summed E-state index contributed by atoms with van der Waals surface area (Å²) in [5.41, 5.74) is 9.83. The van der Waals surface area contributed by atoms with Crippen molar-refractivity contribution < 1.29 is 4.84 Å². The highest BCUT2D eigenvalue weighted by atomic mass is 16.6. The molecule has 0 radical (unpaired) electrons. The fraction of sp³-hybridized carbons (Fsp3) is 0.353. The monoisotopic (exact) mass is 311 g/mol. The molecule has 0 aliphatic carbocycles. The Kier molecular flexibility index (Phi) is 4.14. The summed E-state index contributed by atoms with van der Waals surface area (Å²) in [7, 11) is 1.57. The summed E-state index contributed by atoms with van der Waals surface area (Å²) in [5.74, 6) is 1.43. The molecule has 3 aromatic rings. The maximum atomic E-state index is 6.10. The van der Waals surface area contributed by atoms with Crippen molar-refractivity contribution in [2.45, 2.75) is 33.2 Å². The molecule has 6 nitrogen and oxygen atoms in total. The topological polar surface area (TPSA) is 78.3 Å². The Labute approximate surface area is 135 Å². The van der Waals surface area contributed by atoms with Gasteiger partial charge in [-0.25, -0.2) is 9.97 Å². The molecule has 6 heteroatoms. The second-order valence-electron chi connectivity index (χ2n) is 5.63. The molecule has 0 saturated heterocycles. The van der Waals surface area contributed by atoms with E-state index in [1.165, 1.54) is 0 Å². The maximum absolute atomic E-state index is 6.10. The van der Waals surface area contributed by atoms with E-state index in [1.54, 1.807) is 7.11 Å². The molecule has 3 rings (SSSR count). The number of aryl methyl sites for hydroxylation is 2. The maximum Gasteiger partial charge on any atom is 0.152 e. The van der Waals surface area contributed by atoms with Gasteiger partial charge in [-0.3, -0.25) is 0 Å². The fourth-order valence-corrected chi connectivity index (χ4v) is 2.94. The molecule has 0 unspecified atom stereocenters. The first-order valence-corrected chi connectivity index (χ1v) is 7.69. The Hall–Kier alpha value is -2.63. The second kappa shape index (κ2) is 6.24. The zero-order chi connectivity index (χ0) is 16.4. The van der Waals surface area contributed by atoms with E-state index < -0.39 is 0 Å².